The van der Waals surface area contributed by atoms with E-state index in [-0.39, 0.29) is 28.8 Å². The van der Waals surface area contributed by atoms with Crippen LogP contribution in [0.15, 0.2) is 29.3 Å². The van der Waals surface area contributed by atoms with Crippen molar-refractivity contribution in [1.82, 2.24) is 0 Å². The Hall–Kier alpha value is -2.08. The van der Waals surface area contributed by atoms with Crippen molar-refractivity contribution in [2.24, 2.45) is 4.99 Å². The third-order valence-electron chi connectivity index (χ3n) is 4.29. The van der Waals surface area contributed by atoms with E-state index in [0.29, 0.717) is 0 Å². The molecule has 0 bridgehead atoms. The predicted molar refractivity (Wildman–Crippen MR) is 97.1 cm³/mol. The van der Waals surface area contributed by atoms with Crippen molar-refractivity contribution in [2.45, 2.75) is 30.3 Å². The quantitative estimate of drug-likeness (QED) is 0.771. The monoisotopic (exact) mass is 436 g/mol. The zero-order valence-electron chi connectivity index (χ0n) is 14.2. The summed E-state index contributed by atoms with van der Waals surface area (Å²) in [4.78, 5) is 27.8. The fraction of sp³-hybridized carbons (Fsp3) is 0.438. The van der Waals surface area contributed by atoms with Gasteiger partial charge in [-0.2, -0.15) is 18.2 Å². The van der Waals surface area contributed by atoms with E-state index < -0.39 is 51.2 Å². The summed E-state index contributed by atoms with van der Waals surface area (Å²) in [6.07, 6.45) is -5.37. The highest BCUT2D eigenvalue weighted by molar-refractivity contribution is 8.16. The van der Waals surface area contributed by atoms with Gasteiger partial charge in [0, 0.05) is 17.4 Å². The van der Waals surface area contributed by atoms with Crippen LogP contribution in [0, 0.1) is 0 Å². The SMILES string of the molecule is O=C(O)CCC(=O)N=C1S[C@@H]2CS(=O)(=O)C[C@H]2N1c1cccc(C(F)(F)F)c1. The topological polar surface area (TPSA) is 104 Å². The van der Waals surface area contributed by atoms with Gasteiger partial charge in [-0.1, -0.05) is 17.8 Å². The number of anilines is 1. The predicted octanol–water partition coefficient (Wildman–Crippen LogP) is 2.17. The van der Waals surface area contributed by atoms with Gasteiger partial charge in [0.2, 0.25) is 5.91 Å². The average Bonchev–Trinajstić information content (AvgIpc) is 3.03. The van der Waals surface area contributed by atoms with E-state index in [0.717, 1.165) is 23.9 Å². The van der Waals surface area contributed by atoms with Gasteiger partial charge in [0.15, 0.2) is 15.0 Å². The van der Waals surface area contributed by atoms with Crippen molar-refractivity contribution >= 4 is 44.3 Å². The maximum Gasteiger partial charge on any atom is 0.416 e. The molecule has 0 spiro atoms. The molecule has 2 atom stereocenters. The number of fused-ring (bicyclic) bond motifs is 1. The number of benzene rings is 1. The first-order valence-electron chi connectivity index (χ1n) is 8.13. The average molecular weight is 436 g/mol. The number of carbonyl (C=O) groups is 2. The summed E-state index contributed by atoms with van der Waals surface area (Å²) >= 11 is 1.01. The molecule has 0 unspecified atom stereocenters. The van der Waals surface area contributed by atoms with Crippen LogP contribution in [0.5, 0.6) is 0 Å². The minimum atomic E-state index is -4.58. The fourth-order valence-corrected chi connectivity index (χ4v) is 7.01. The first-order chi connectivity index (χ1) is 13.0. The first kappa shape index (κ1) is 20.6. The molecule has 1 N–H and O–H groups in total. The summed E-state index contributed by atoms with van der Waals surface area (Å²) in [5, 5.41) is 8.28. The molecule has 1 aromatic carbocycles. The Balaban J connectivity index is 1.97. The van der Waals surface area contributed by atoms with Crippen molar-refractivity contribution in [1.29, 1.82) is 0 Å². The lowest BCUT2D eigenvalue weighted by Gasteiger charge is -2.25. The smallest absolute Gasteiger partial charge is 0.416 e. The number of rotatable bonds is 4. The van der Waals surface area contributed by atoms with Crippen LogP contribution in [0.25, 0.3) is 0 Å². The van der Waals surface area contributed by atoms with Gasteiger partial charge in [0.05, 0.1) is 29.5 Å². The number of hydrogen-bond acceptors (Lipinski definition) is 5. The molecular formula is C16H15F3N2O5S2. The van der Waals surface area contributed by atoms with Crippen LogP contribution in [-0.2, 0) is 25.6 Å². The summed E-state index contributed by atoms with van der Waals surface area (Å²) in [7, 11) is -3.36. The minimum Gasteiger partial charge on any atom is -0.481 e. The van der Waals surface area contributed by atoms with Crippen LogP contribution in [0.1, 0.15) is 18.4 Å². The Morgan fingerprint density at radius 1 is 1.25 bits per heavy atom. The van der Waals surface area contributed by atoms with E-state index in [1.807, 2.05) is 0 Å². The number of aliphatic carboxylic acids is 1. The van der Waals surface area contributed by atoms with E-state index in [1.54, 1.807) is 0 Å². The zero-order valence-corrected chi connectivity index (χ0v) is 15.9. The molecule has 0 saturated carbocycles. The van der Waals surface area contributed by atoms with Crippen molar-refractivity contribution in [3.63, 3.8) is 0 Å². The number of halogens is 3. The number of carboxylic acid groups (broad SMARTS) is 1. The van der Waals surface area contributed by atoms with Gasteiger partial charge in [-0.3, -0.25) is 9.59 Å². The number of nitrogens with zero attached hydrogens (tertiary/aromatic N) is 2. The van der Waals surface area contributed by atoms with Crippen LogP contribution in [0.2, 0.25) is 0 Å². The Morgan fingerprint density at radius 3 is 2.61 bits per heavy atom. The lowest BCUT2D eigenvalue weighted by atomic mass is 10.1. The first-order valence-corrected chi connectivity index (χ1v) is 10.8. The van der Waals surface area contributed by atoms with Crippen LogP contribution < -0.4 is 4.90 Å². The number of hydrogen-bond donors (Lipinski definition) is 1. The number of amidine groups is 1. The van der Waals surface area contributed by atoms with E-state index in [4.69, 9.17) is 5.11 Å². The summed E-state index contributed by atoms with van der Waals surface area (Å²) < 4.78 is 63.1. The van der Waals surface area contributed by atoms with Crippen LogP contribution >= 0.6 is 11.8 Å². The zero-order chi connectivity index (χ0) is 20.7. The summed E-state index contributed by atoms with van der Waals surface area (Å²) in [6, 6.07) is 3.71. The van der Waals surface area contributed by atoms with E-state index >= 15 is 0 Å². The minimum absolute atomic E-state index is 0.0803. The number of carboxylic acids is 1. The molecule has 28 heavy (non-hydrogen) atoms. The number of thioether (sulfide) groups is 1. The van der Waals surface area contributed by atoms with E-state index in [2.05, 4.69) is 4.99 Å². The molecule has 2 fully saturated rings. The Bertz CT molecular complexity index is 946. The maximum absolute atomic E-state index is 13.1. The lowest BCUT2D eigenvalue weighted by molar-refractivity contribution is -0.138. The van der Waals surface area contributed by atoms with Gasteiger partial charge in [-0.25, -0.2) is 8.42 Å². The molecular weight excluding hydrogens is 421 g/mol. The van der Waals surface area contributed by atoms with Gasteiger partial charge < -0.3 is 10.0 Å². The van der Waals surface area contributed by atoms with E-state index in [9.17, 15) is 31.2 Å². The van der Waals surface area contributed by atoms with Gasteiger partial charge in [-0.05, 0) is 18.2 Å². The number of aliphatic imine (C=N–C) groups is 1. The third kappa shape index (κ3) is 4.49. The lowest BCUT2D eigenvalue weighted by Crippen LogP contribution is -2.37. The highest BCUT2D eigenvalue weighted by atomic mass is 32.2. The standard InChI is InChI=1S/C16H15F3N2O5S2/c17-16(18,19)9-2-1-3-10(6-9)21-11-7-28(25,26)8-12(11)27-15(21)20-13(22)4-5-14(23)24/h1-3,6,11-12H,4-5,7-8H2,(H,23,24)/t11-,12-/m1/s1. The van der Waals surface area contributed by atoms with Crippen molar-refractivity contribution in [3.05, 3.63) is 29.8 Å². The highest BCUT2D eigenvalue weighted by Gasteiger charge is 2.49. The Kier molecular flexibility index (Phi) is 5.45. The molecule has 1 aromatic rings. The highest BCUT2D eigenvalue weighted by Crippen LogP contribution is 2.42. The van der Waals surface area contributed by atoms with Crippen LogP contribution in [0.4, 0.5) is 18.9 Å². The molecule has 2 aliphatic rings. The van der Waals surface area contributed by atoms with Crippen molar-refractivity contribution in [2.75, 3.05) is 16.4 Å². The van der Waals surface area contributed by atoms with Gasteiger partial charge in [0.1, 0.15) is 0 Å². The third-order valence-corrected chi connectivity index (χ3v) is 7.50. The molecule has 0 radical (unpaired) electrons. The number of alkyl halides is 3. The molecule has 1 amide bonds. The number of sulfone groups is 1. The van der Waals surface area contributed by atoms with Gasteiger partial charge in [0.25, 0.3) is 0 Å². The van der Waals surface area contributed by atoms with Crippen molar-refractivity contribution < 1.29 is 36.3 Å². The number of amides is 1. The van der Waals surface area contributed by atoms with Crippen LogP contribution in [-0.4, -0.2) is 53.4 Å². The second-order valence-electron chi connectivity index (χ2n) is 6.40. The molecule has 3 rings (SSSR count). The maximum atomic E-state index is 13.1. The fourth-order valence-electron chi connectivity index (χ4n) is 3.07. The van der Waals surface area contributed by atoms with Crippen LogP contribution in [0.3, 0.4) is 0 Å². The molecule has 0 aromatic heterocycles. The molecule has 2 saturated heterocycles. The summed E-state index contributed by atoms with van der Waals surface area (Å²) in [5.41, 5.74) is -0.826. The summed E-state index contributed by atoms with van der Waals surface area (Å²) in [6.45, 7) is 0. The largest absolute Gasteiger partial charge is 0.481 e. The normalized spacial score (nSPS) is 25.1. The van der Waals surface area contributed by atoms with Gasteiger partial charge in [-0.15, -0.1) is 0 Å². The second-order valence-corrected chi connectivity index (χ2v) is 9.76. The van der Waals surface area contributed by atoms with Gasteiger partial charge >= 0.3 is 12.1 Å². The molecule has 12 heteroatoms. The molecule has 2 heterocycles. The molecule has 7 nitrogen and oxygen atoms in total. The Labute approximate surface area is 162 Å². The van der Waals surface area contributed by atoms with Crippen molar-refractivity contribution in [3.8, 4) is 0 Å². The molecule has 2 aliphatic heterocycles. The number of carbonyl (C=O) groups excluding carboxylic acids is 1. The van der Waals surface area contributed by atoms with E-state index in [1.165, 1.54) is 17.0 Å². The molecule has 152 valence electrons. The second kappa shape index (κ2) is 7.39. The molecule has 0 aliphatic carbocycles. The Morgan fingerprint density at radius 2 is 1.96 bits per heavy atom. The summed E-state index contributed by atoms with van der Waals surface area (Å²) in [5.74, 6) is -2.33.